The molecule has 1 saturated carbocycles. The Morgan fingerprint density at radius 2 is 1.95 bits per heavy atom. The van der Waals surface area contributed by atoms with Crippen molar-refractivity contribution >= 4 is 6.09 Å². The highest BCUT2D eigenvalue weighted by Gasteiger charge is 2.37. The number of hydrogen-bond donors (Lipinski definition) is 0. The van der Waals surface area contributed by atoms with Crippen molar-refractivity contribution in [3.05, 3.63) is 67.5 Å². The average Bonchev–Trinajstić information content (AvgIpc) is 3.15. The number of carbonyl (C=O) groups excluding carboxylic acids is 1. The van der Waals surface area contributed by atoms with E-state index in [2.05, 4.69) is 12.8 Å². The zero-order chi connectivity index (χ0) is 13.8. The molecule has 0 bridgehead atoms. The van der Waals surface area contributed by atoms with Crippen LogP contribution in [0.5, 0.6) is 0 Å². The van der Waals surface area contributed by atoms with E-state index < -0.39 is 0 Å². The van der Waals surface area contributed by atoms with Gasteiger partial charge in [0.2, 0.25) is 0 Å². The Morgan fingerprint density at radius 1 is 1.20 bits per heavy atom. The Bertz CT molecular complexity index is 440. The molecule has 1 aromatic rings. The lowest BCUT2D eigenvalue weighted by atomic mass is 9.96. The van der Waals surface area contributed by atoms with Gasteiger partial charge in [0.05, 0.1) is 0 Å². The quantitative estimate of drug-likeness (QED) is 0.842. The third-order valence-corrected chi connectivity index (χ3v) is 3.77. The smallest absolute Gasteiger partial charge is 0.410 e. The van der Waals surface area contributed by atoms with Crippen LogP contribution in [0.25, 0.3) is 0 Å². The van der Waals surface area contributed by atoms with Crippen LogP contribution >= 0.6 is 0 Å². The van der Waals surface area contributed by atoms with Gasteiger partial charge in [0.15, 0.2) is 0 Å². The predicted octanol–water partition coefficient (Wildman–Crippen LogP) is 3.19. The summed E-state index contributed by atoms with van der Waals surface area (Å²) in [6.45, 7) is 1.12. The number of rotatable bonds is 3. The number of likely N-dealkylation sites (tertiary alicyclic amines) is 1. The van der Waals surface area contributed by atoms with Gasteiger partial charge >= 0.3 is 6.09 Å². The summed E-state index contributed by atoms with van der Waals surface area (Å²) in [6, 6.07) is 9.96. The van der Waals surface area contributed by atoms with Crippen molar-refractivity contribution in [2.75, 3.05) is 6.54 Å². The van der Waals surface area contributed by atoms with Crippen LogP contribution in [0.15, 0.2) is 30.3 Å². The Labute approximate surface area is 120 Å². The van der Waals surface area contributed by atoms with Gasteiger partial charge in [-0.15, -0.1) is 0 Å². The minimum atomic E-state index is -0.211. The predicted molar refractivity (Wildman–Crippen MR) is 76.8 cm³/mol. The number of nitrogens with zero attached hydrogens (tertiary/aromatic N) is 1. The molecule has 1 saturated heterocycles. The first-order valence-electron chi connectivity index (χ1n) is 7.03. The Morgan fingerprint density at radius 3 is 2.70 bits per heavy atom. The maximum atomic E-state index is 12.2. The van der Waals surface area contributed by atoms with E-state index in [1.807, 2.05) is 48.1 Å². The summed E-state index contributed by atoms with van der Waals surface area (Å²) in [5, 5.41) is 0. The molecule has 3 rings (SSSR count). The van der Waals surface area contributed by atoms with Crippen LogP contribution in [0.4, 0.5) is 4.79 Å². The van der Waals surface area contributed by atoms with Gasteiger partial charge in [-0.05, 0) is 44.1 Å². The fourth-order valence-electron chi connectivity index (χ4n) is 2.75. The number of ether oxygens (including phenoxy) is 1. The van der Waals surface area contributed by atoms with E-state index >= 15 is 0 Å². The summed E-state index contributed by atoms with van der Waals surface area (Å²) in [5.41, 5.74) is 1.02. The molecule has 1 aliphatic heterocycles. The minimum absolute atomic E-state index is 0.174. The van der Waals surface area contributed by atoms with Crippen molar-refractivity contribution in [3.63, 3.8) is 0 Å². The molecule has 0 spiro atoms. The summed E-state index contributed by atoms with van der Waals surface area (Å²) < 4.78 is 5.43. The molecule has 0 aromatic heterocycles. The first-order valence-corrected chi connectivity index (χ1v) is 7.03. The van der Waals surface area contributed by atoms with Crippen LogP contribution in [0.2, 0.25) is 0 Å². The van der Waals surface area contributed by atoms with Crippen molar-refractivity contribution in [2.24, 2.45) is 0 Å². The van der Waals surface area contributed by atoms with E-state index in [-0.39, 0.29) is 12.1 Å². The van der Waals surface area contributed by atoms with Gasteiger partial charge in [0.25, 0.3) is 0 Å². The SMILES string of the molecule is O=C(OCc1ccccc1)N1CCC[C@@H]1[C]1[CH][CH][CH][CH]1. The van der Waals surface area contributed by atoms with Gasteiger partial charge < -0.3 is 9.64 Å². The number of hydrogen-bond acceptors (Lipinski definition) is 2. The molecule has 1 aliphatic carbocycles. The molecule has 3 heteroatoms. The summed E-state index contributed by atoms with van der Waals surface area (Å²) >= 11 is 0. The Hall–Kier alpha value is -1.51. The molecule has 1 atom stereocenters. The number of amides is 1. The lowest BCUT2D eigenvalue weighted by molar-refractivity contribution is 0.0947. The third kappa shape index (κ3) is 2.97. The zero-order valence-electron chi connectivity index (χ0n) is 11.4. The first kappa shape index (κ1) is 13.5. The normalized spacial score (nSPS) is 23.2. The average molecular weight is 268 g/mol. The molecule has 2 fully saturated rings. The van der Waals surface area contributed by atoms with Crippen LogP contribution in [0.3, 0.4) is 0 Å². The fourth-order valence-corrected chi connectivity index (χ4v) is 2.75. The molecule has 0 N–H and O–H groups in total. The molecular weight excluding hydrogens is 250 g/mol. The third-order valence-electron chi connectivity index (χ3n) is 3.77. The van der Waals surface area contributed by atoms with Crippen LogP contribution in [-0.4, -0.2) is 23.6 Å². The highest BCUT2D eigenvalue weighted by Crippen LogP contribution is 2.35. The van der Waals surface area contributed by atoms with E-state index in [1.165, 1.54) is 5.92 Å². The summed E-state index contributed by atoms with van der Waals surface area (Å²) in [6.07, 6.45) is 10.0. The van der Waals surface area contributed by atoms with Gasteiger partial charge in [0.1, 0.15) is 6.61 Å². The highest BCUT2D eigenvalue weighted by molar-refractivity contribution is 5.69. The van der Waals surface area contributed by atoms with E-state index in [9.17, 15) is 4.79 Å². The molecule has 2 aliphatic rings. The number of benzene rings is 1. The van der Waals surface area contributed by atoms with E-state index in [4.69, 9.17) is 4.74 Å². The maximum Gasteiger partial charge on any atom is 0.410 e. The van der Waals surface area contributed by atoms with Crippen LogP contribution in [0, 0.1) is 31.6 Å². The molecule has 1 aromatic carbocycles. The van der Waals surface area contributed by atoms with Crippen molar-refractivity contribution in [1.82, 2.24) is 4.90 Å². The fraction of sp³-hybridized carbons (Fsp3) is 0.294. The molecular formula is C17H18NO2. The second-order valence-electron chi connectivity index (χ2n) is 5.11. The van der Waals surface area contributed by atoms with E-state index in [1.54, 1.807) is 0 Å². The van der Waals surface area contributed by atoms with Gasteiger partial charge in [-0.3, -0.25) is 0 Å². The molecule has 1 amide bonds. The van der Waals surface area contributed by atoms with Crippen LogP contribution in [-0.2, 0) is 11.3 Å². The molecule has 0 unspecified atom stereocenters. The monoisotopic (exact) mass is 268 g/mol. The maximum absolute atomic E-state index is 12.2. The molecule has 3 nitrogen and oxygen atoms in total. The van der Waals surface area contributed by atoms with Crippen molar-refractivity contribution in [1.29, 1.82) is 0 Å². The molecule has 103 valence electrons. The second-order valence-corrected chi connectivity index (χ2v) is 5.11. The van der Waals surface area contributed by atoms with Crippen LogP contribution in [0.1, 0.15) is 18.4 Å². The Kier molecular flexibility index (Phi) is 4.24. The van der Waals surface area contributed by atoms with Crippen molar-refractivity contribution < 1.29 is 9.53 Å². The first-order chi connectivity index (χ1) is 9.84. The van der Waals surface area contributed by atoms with E-state index in [0.29, 0.717) is 6.61 Å². The number of carbonyl (C=O) groups is 1. The highest BCUT2D eigenvalue weighted by atomic mass is 16.6. The molecule has 1 heterocycles. The van der Waals surface area contributed by atoms with Gasteiger partial charge in [-0.25, -0.2) is 4.79 Å². The molecule has 20 heavy (non-hydrogen) atoms. The van der Waals surface area contributed by atoms with Crippen molar-refractivity contribution in [2.45, 2.75) is 25.5 Å². The van der Waals surface area contributed by atoms with Gasteiger partial charge in [0, 0.05) is 18.5 Å². The van der Waals surface area contributed by atoms with Crippen molar-refractivity contribution in [3.8, 4) is 0 Å². The lowest BCUT2D eigenvalue weighted by Crippen LogP contribution is -2.39. The van der Waals surface area contributed by atoms with Gasteiger partial charge in [-0.2, -0.15) is 0 Å². The minimum Gasteiger partial charge on any atom is -0.445 e. The Balaban J connectivity index is 1.55. The summed E-state index contributed by atoms with van der Waals surface area (Å²) in [5.74, 6) is 1.21. The second kappa shape index (κ2) is 6.29. The summed E-state index contributed by atoms with van der Waals surface area (Å²) in [4.78, 5) is 14.1. The van der Waals surface area contributed by atoms with Gasteiger partial charge in [-0.1, -0.05) is 30.3 Å². The topological polar surface area (TPSA) is 29.5 Å². The molecule has 5 radical (unpaired) electrons. The van der Waals surface area contributed by atoms with Crippen LogP contribution < -0.4 is 0 Å². The standard InChI is InChI=1S/C17H18NO2/c19-17(20-13-14-7-2-1-3-8-14)18-12-6-11-16(18)15-9-4-5-10-15/h1-5,7-10,16H,6,11-13H2/t16-/m1/s1. The zero-order valence-corrected chi connectivity index (χ0v) is 11.4. The summed E-state index contributed by atoms with van der Waals surface area (Å²) in [7, 11) is 0. The van der Waals surface area contributed by atoms with E-state index in [0.717, 1.165) is 24.9 Å². The lowest BCUT2D eigenvalue weighted by Gasteiger charge is -2.28. The largest absolute Gasteiger partial charge is 0.445 e.